The molecule has 12 nitrogen and oxygen atoms in total. The van der Waals surface area contributed by atoms with Gasteiger partial charge in [-0.1, -0.05) is 121 Å². The Morgan fingerprint density at radius 2 is 0.757 bits per heavy atom. The van der Waals surface area contributed by atoms with E-state index in [1.807, 2.05) is 146 Å². The highest BCUT2D eigenvalue weighted by Crippen LogP contribution is 2.53. The molecule has 0 unspecified atom stereocenters. The van der Waals surface area contributed by atoms with Gasteiger partial charge in [-0.25, -0.2) is 14.6 Å². The Kier molecular flexibility index (Phi) is 11.6. The zero-order chi connectivity index (χ0) is 48.5. The van der Waals surface area contributed by atoms with E-state index in [0.29, 0.717) is 89.4 Å². The van der Waals surface area contributed by atoms with Gasteiger partial charge in [0.05, 0.1) is 72.4 Å². The molecule has 5 aromatic carbocycles. The summed E-state index contributed by atoms with van der Waals surface area (Å²) in [5.74, 6) is -6.25. The number of rotatable bonds is 8. The van der Waals surface area contributed by atoms with Gasteiger partial charge in [0.1, 0.15) is 11.8 Å². The summed E-state index contributed by atoms with van der Waals surface area (Å²) in [6.07, 6.45) is 0. The number of carbonyl (C=O) groups excluding carboxylic acids is 2. The van der Waals surface area contributed by atoms with Crippen LogP contribution in [0.5, 0.6) is 0 Å². The molecule has 2 aliphatic heterocycles. The quantitative estimate of drug-likeness (QED) is 0.138. The fourth-order valence-corrected chi connectivity index (χ4v) is 9.85. The molecule has 0 saturated carbocycles. The summed E-state index contributed by atoms with van der Waals surface area (Å²) in [5, 5.41) is 43.2. The van der Waals surface area contributed by atoms with Crippen molar-refractivity contribution in [1.29, 1.82) is 21.0 Å². The van der Waals surface area contributed by atoms with Crippen molar-refractivity contribution in [3.8, 4) is 91.3 Å². The lowest BCUT2D eigenvalue weighted by Gasteiger charge is -2.23. The van der Waals surface area contributed by atoms with Crippen LogP contribution in [0, 0.1) is 57.2 Å². The molecule has 12 heteroatoms. The lowest BCUT2D eigenvalue weighted by molar-refractivity contribution is 0.0555. The monoisotopic (exact) mass is 910 g/mol. The number of aromatic nitrogens is 4. The van der Waals surface area contributed by atoms with Crippen LogP contribution in [-0.2, 0) is 9.47 Å². The van der Waals surface area contributed by atoms with Crippen molar-refractivity contribution in [2.75, 3.05) is 14.2 Å². The van der Waals surface area contributed by atoms with Gasteiger partial charge in [0.2, 0.25) is 0 Å². The smallest absolute Gasteiger partial charge is 0.338 e. The van der Waals surface area contributed by atoms with Gasteiger partial charge in [-0.3, -0.25) is 4.98 Å². The van der Waals surface area contributed by atoms with E-state index in [1.54, 1.807) is 12.1 Å². The van der Waals surface area contributed by atoms with Crippen LogP contribution in [0.15, 0.2) is 158 Å². The summed E-state index contributed by atoms with van der Waals surface area (Å²) in [6.45, 7) is 0. The van der Waals surface area contributed by atoms with E-state index in [2.05, 4.69) is 34.2 Å². The summed E-state index contributed by atoms with van der Waals surface area (Å²) in [7, 11) is 2.50. The molecule has 0 aliphatic carbocycles. The molecule has 70 heavy (non-hydrogen) atoms. The van der Waals surface area contributed by atoms with Crippen molar-refractivity contribution in [2.24, 2.45) is 11.8 Å². The molecule has 2 N–H and O–H groups in total. The number of ether oxygens (including phenoxy) is 2. The standard InChI is InChI=1S/C58H38N8O4/c1-69-57(67)41-27-39-40(28-42(41)58(68)70-2)54-48(34-17-9-4-10-18-34)44-24-26-46(64-44)50(36-21-13-6-14-22-36)56-52(38(31-61)32-62)51(37(29-59)30-60)55(66-56)49(35-19-11-5-12-20-35)45-25-23-43(63-45)47(53(39)65-54)33-15-7-3-8-16-33/h3-28,37-38,51-52,63-64H,1-2H3/t51-,52-/m0/s1. The normalized spacial score (nSPS) is 13.6. The number of nitriles is 4. The van der Waals surface area contributed by atoms with Crippen molar-refractivity contribution in [2.45, 2.75) is 11.8 Å². The topological polar surface area (TPSA) is 205 Å². The van der Waals surface area contributed by atoms with Crippen LogP contribution < -0.4 is 0 Å². The summed E-state index contributed by atoms with van der Waals surface area (Å²) in [4.78, 5) is 45.7. The Labute approximate surface area is 402 Å². The first kappa shape index (κ1) is 44.0. The van der Waals surface area contributed by atoms with E-state index in [0.717, 1.165) is 11.1 Å². The first-order valence-corrected chi connectivity index (χ1v) is 22.3. The minimum atomic E-state index is -1.33. The maximum atomic E-state index is 13.7. The fraction of sp³-hybridized carbons (Fsp3) is 0.103. The van der Waals surface area contributed by atoms with Crippen molar-refractivity contribution in [3.63, 3.8) is 0 Å². The molecule has 0 fully saturated rings. The summed E-state index contributed by atoms with van der Waals surface area (Å²) in [5.41, 5.74) is 10.3. The van der Waals surface area contributed by atoms with Gasteiger partial charge >= 0.3 is 11.9 Å². The number of benzene rings is 5. The third-order valence-electron chi connectivity index (χ3n) is 12.9. The molecule has 10 rings (SSSR count). The summed E-state index contributed by atoms with van der Waals surface area (Å²) < 4.78 is 10.5. The second kappa shape index (κ2) is 18.4. The minimum absolute atomic E-state index is 0.0120. The number of hydrogen-bond donors (Lipinski definition) is 2. The molecule has 0 saturated heterocycles. The maximum Gasteiger partial charge on any atom is 0.338 e. The van der Waals surface area contributed by atoms with Crippen LogP contribution >= 0.6 is 0 Å². The van der Waals surface area contributed by atoms with Crippen LogP contribution in [0.2, 0.25) is 0 Å². The molecular formula is C58H38N8O4. The number of methoxy groups -OCH3 is 2. The van der Waals surface area contributed by atoms with Crippen molar-refractivity contribution < 1.29 is 19.1 Å². The Morgan fingerprint density at radius 3 is 1.06 bits per heavy atom. The lowest BCUT2D eigenvalue weighted by atomic mass is 9.72. The zero-order valence-electron chi connectivity index (χ0n) is 37.6. The molecular weight excluding hydrogens is 873 g/mol. The fourth-order valence-electron chi connectivity index (χ4n) is 9.85. The van der Waals surface area contributed by atoms with Gasteiger partial charge in [0, 0.05) is 67.3 Å². The molecule has 2 atom stereocenters. The first-order valence-electron chi connectivity index (χ1n) is 22.3. The van der Waals surface area contributed by atoms with Crippen LogP contribution in [0.25, 0.3) is 89.1 Å². The van der Waals surface area contributed by atoms with Crippen LogP contribution in [0.1, 0.15) is 43.9 Å². The van der Waals surface area contributed by atoms with Crippen LogP contribution in [-0.4, -0.2) is 46.1 Å². The number of H-pyrrole nitrogens is 2. The number of esters is 2. The molecule has 0 spiro atoms. The minimum Gasteiger partial charge on any atom is -0.465 e. The predicted molar refractivity (Wildman–Crippen MR) is 265 cm³/mol. The van der Waals surface area contributed by atoms with Crippen molar-refractivity contribution >= 4 is 34.0 Å². The Hall–Kier alpha value is -9.88. The second-order valence-electron chi connectivity index (χ2n) is 16.7. The van der Waals surface area contributed by atoms with Crippen LogP contribution in [0.4, 0.5) is 0 Å². The van der Waals surface area contributed by atoms with Crippen molar-refractivity contribution in [3.05, 3.63) is 180 Å². The highest BCUT2D eigenvalue weighted by atomic mass is 16.5. The number of nitrogens with zero attached hydrogens (tertiary/aromatic N) is 6. The highest BCUT2D eigenvalue weighted by molar-refractivity contribution is 6.10. The van der Waals surface area contributed by atoms with Gasteiger partial charge in [-0.15, -0.1) is 0 Å². The van der Waals surface area contributed by atoms with Gasteiger partial charge in [-0.05, 0) is 58.7 Å². The molecule has 3 aromatic heterocycles. The SMILES string of the molecule is COC(=O)c1cc2c(cc1C(=O)OC)-c1nc-2c(-c2ccccc2)c2ccc([nH]2)c(-c2ccccc2)c2nc(c(-c3ccccc3)c3ccc([nH]3)c1-c1ccccc1)[C@@H](C(C#N)C#N)[C@@H]2C(C#N)C#N. The van der Waals surface area contributed by atoms with Gasteiger partial charge < -0.3 is 19.4 Å². The summed E-state index contributed by atoms with van der Waals surface area (Å²) >= 11 is 0. The third kappa shape index (κ3) is 7.40. The Balaban J connectivity index is 1.52. The number of carbonyl (C=O) groups is 2. The Bertz CT molecular complexity index is 3480. The van der Waals surface area contributed by atoms with Gasteiger partial charge in [0.15, 0.2) is 0 Å². The molecule has 2 aliphatic rings. The molecule has 0 amide bonds. The van der Waals surface area contributed by atoms with E-state index in [-0.39, 0.29) is 11.1 Å². The second-order valence-corrected chi connectivity index (χ2v) is 16.7. The number of nitrogens with one attached hydrogen (secondary N) is 2. The molecule has 8 aromatic rings. The zero-order valence-corrected chi connectivity index (χ0v) is 37.6. The van der Waals surface area contributed by atoms with Gasteiger partial charge in [-0.2, -0.15) is 21.0 Å². The van der Waals surface area contributed by atoms with Crippen molar-refractivity contribution in [1.82, 2.24) is 19.9 Å². The largest absolute Gasteiger partial charge is 0.465 e. The predicted octanol–water partition coefficient (Wildman–Crippen LogP) is 12.1. The van der Waals surface area contributed by atoms with Gasteiger partial charge in [0.25, 0.3) is 0 Å². The number of fused-ring (bicyclic) bond motifs is 11. The van der Waals surface area contributed by atoms with E-state index >= 15 is 0 Å². The Morgan fingerprint density at radius 1 is 0.457 bits per heavy atom. The average Bonchev–Trinajstić information content (AvgIpc) is 4.23. The maximum absolute atomic E-state index is 13.7. The lowest BCUT2D eigenvalue weighted by Crippen LogP contribution is -2.21. The third-order valence-corrected chi connectivity index (χ3v) is 12.9. The molecule has 0 radical (unpaired) electrons. The average molecular weight is 911 g/mol. The molecule has 334 valence electrons. The number of aromatic amines is 2. The summed E-state index contributed by atoms with van der Waals surface area (Å²) in [6, 6.07) is 57.9. The first-order chi connectivity index (χ1) is 34.3. The molecule has 8 bridgehead atoms. The van der Waals surface area contributed by atoms with E-state index in [1.165, 1.54) is 14.2 Å². The van der Waals surface area contributed by atoms with E-state index in [4.69, 9.17) is 19.4 Å². The highest BCUT2D eigenvalue weighted by Gasteiger charge is 2.46. The van der Waals surface area contributed by atoms with E-state index in [9.17, 15) is 30.6 Å². The number of hydrogen-bond acceptors (Lipinski definition) is 10. The van der Waals surface area contributed by atoms with E-state index < -0.39 is 35.6 Å². The van der Waals surface area contributed by atoms with Crippen LogP contribution in [0.3, 0.4) is 0 Å². The molecule has 5 heterocycles.